The number of ether oxygens (including phenoxy) is 1. The number of aromatic amines is 1. The predicted octanol–water partition coefficient (Wildman–Crippen LogP) is 8.00. The number of rotatable bonds is 6. The van der Waals surface area contributed by atoms with Crippen LogP contribution < -0.4 is 5.43 Å². The lowest BCUT2D eigenvalue weighted by molar-refractivity contribution is 0.0525. The highest BCUT2D eigenvalue weighted by atomic mass is 35.5. The topological polar surface area (TPSA) is 59.2 Å². The molecule has 0 saturated heterocycles. The highest BCUT2D eigenvalue weighted by Gasteiger charge is 2.25. The van der Waals surface area contributed by atoms with E-state index in [1.54, 1.807) is 55.5 Å². The van der Waals surface area contributed by atoms with Gasteiger partial charge < -0.3 is 9.72 Å². The van der Waals surface area contributed by atoms with Gasteiger partial charge in [0.25, 0.3) is 0 Å². The first kappa shape index (κ1) is 24.4. The fourth-order valence-electron chi connectivity index (χ4n) is 3.35. The minimum atomic E-state index is -0.700. The second-order valence-electron chi connectivity index (χ2n) is 7.20. The fourth-order valence-corrected chi connectivity index (χ4v) is 4.71. The molecule has 0 aliphatic carbocycles. The van der Waals surface area contributed by atoms with Crippen LogP contribution in [0.25, 0.3) is 22.5 Å². The Bertz CT molecular complexity index is 1380. The molecule has 1 heterocycles. The molecule has 4 nitrogen and oxygen atoms in total. The molecular formula is C26H18Cl3NO3S. The molecule has 1 aromatic heterocycles. The van der Waals surface area contributed by atoms with E-state index in [0.717, 1.165) is 10.5 Å². The van der Waals surface area contributed by atoms with Gasteiger partial charge in [-0.2, -0.15) is 0 Å². The van der Waals surface area contributed by atoms with E-state index in [1.165, 1.54) is 11.8 Å². The molecule has 0 radical (unpaired) electrons. The van der Waals surface area contributed by atoms with Crippen molar-refractivity contribution in [3.63, 3.8) is 0 Å². The highest BCUT2D eigenvalue weighted by molar-refractivity contribution is 7.99. The van der Waals surface area contributed by atoms with E-state index >= 15 is 0 Å². The van der Waals surface area contributed by atoms with E-state index in [1.807, 2.05) is 24.3 Å². The van der Waals surface area contributed by atoms with Crippen molar-refractivity contribution in [2.24, 2.45) is 0 Å². The molecule has 0 bridgehead atoms. The van der Waals surface area contributed by atoms with Gasteiger partial charge in [-0.25, -0.2) is 4.79 Å². The predicted molar refractivity (Wildman–Crippen MR) is 139 cm³/mol. The van der Waals surface area contributed by atoms with Crippen molar-refractivity contribution >= 4 is 52.5 Å². The summed E-state index contributed by atoms with van der Waals surface area (Å²) in [4.78, 5) is 31.3. The first-order valence-electron chi connectivity index (χ1n) is 10.3. The Morgan fingerprint density at radius 1 is 0.794 bits per heavy atom. The van der Waals surface area contributed by atoms with Gasteiger partial charge in [-0.1, -0.05) is 70.8 Å². The summed E-state index contributed by atoms with van der Waals surface area (Å²) in [6.07, 6.45) is 0. The minimum Gasteiger partial charge on any atom is -0.462 e. The molecule has 0 spiro atoms. The Hall–Kier alpha value is -2.70. The Balaban J connectivity index is 2.01. The molecule has 0 aliphatic heterocycles. The summed E-state index contributed by atoms with van der Waals surface area (Å²) < 4.78 is 5.25. The van der Waals surface area contributed by atoms with E-state index in [9.17, 15) is 9.59 Å². The van der Waals surface area contributed by atoms with E-state index in [4.69, 9.17) is 39.5 Å². The van der Waals surface area contributed by atoms with Gasteiger partial charge in [0.15, 0.2) is 0 Å². The van der Waals surface area contributed by atoms with Gasteiger partial charge in [0.2, 0.25) is 5.43 Å². The Labute approximate surface area is 215 Å². The van der Waals surface area contributed by atoms with Crippen LogP contribution in [0.4, 0.5) is 0 Å². The number of H-pyrrole nitrogens is 1. The van der Waals surface area contributed by atoms with Crippen LogP contribution in [0.5, 0.6) is 0 Å². The Morgan fingerprint density at radius 2 is 1.26 bits per heavy atom. The van der Waals surface area contributed by atoms with Gasteiger partial charge in [-0.05, 0) is 66.6 Å². The van der Waals surface area contributed by atoms with E-state index < -0.39 is 11.4 Å². The lowest BCUT2D eigenvalue weighted by Gasteiger charge is -2.16. The maximum atomic E-state index is 13.9. The SMILES string of the molecule is CCOC(=O)c1c(-c2ccc(Cl)cc2)[nH]c(-c2ccc(Cl)cc2)c(Sc2ccc(Cl)cc2)c1=O. The number of carbonyl (C=O) groups excluding carboxylic acids is 1. The van der Waals surface area contributed by atoms with E-state index in [-0.39, 0.29) is 12.2 Å². The molecule has 1 N–H and O–H groups in total. The lowest BCUT2D eigenvalue weighted by Crippen LogP contribution is -2.22. The average Bonchev–Trinajstić information content (AvgIpc) is 2.82. The molecular weight excluding hydrogens is 513 g/mol. The molecule has 0 unspecified atom stereocenters. The third-order valence-corrected chi connectivity index (χ3v) is 6.80. The Kier molecular flexibility index (Phi) is 7.69. The zero-order valence-electron chi connectivity index (χ0n) is 17.9. The zero-order chi connectivity index (χ0) is 24.2. The number of benzene rings is 3. The lowest BCUT2D eigenvalue weighted by atomic mass is 10.0. The number of hydrogen-bond acceptors (Lipinski definition) is 4. The first-order chi connectivity index (χ1) is 16.4. The first-order valence-corrected chi connectivity index (χ1v) is 12.2. The maximum Gasteiger partial charge on any atom is 0.344 e. The van der Waals surface area contributed by atoms with Crippen LogP contribution in [0.3, 0.4) is 0 Å². The number of nitrogens with one attached hydrogen (secondary N) is 1. The monoisotopic (exact) mass is 529 g/mol. The van der Waals surface area contributed by atoms with Gasteiger partial charge >= 0.3 is 5.97 Å². The Morgan fingerprint density at radius 3 is 1.76 bits per heavy atom. The van der Waals surface area contributed by atoms with E-state index in [2.05, 4.69) is 4.98 Å². The summed E-state index contributed by atoms with van der Waals surface area (Å²) in [6, 6.07) is 21.1. The largest absolute Gasteiger partial charge is 0.462 e. The maximum absolute atomic E-state index is 13.9. The van der Waals surface area contributed by atoms with Gasteiger partial charge in [-0.3, -0.25) is 4.79 Å². The highest BCUT2D eigenvalue weighted by Crippen LogP contribution is 2.36. The smallest absolute Gasteiger partial charge is 0.344 e. The molecule has 3 aromatic carbocycles. The molecule has 0 amide bonds. The van der Waals surface area contributed by atoms with Crippen LogP contribution in [-0.4, -0.2) is 17.6 Å². The minimum absolute atomic E-state index is 0.0710. The second kappa shape index (κ2) is 10.7. The van der Waals surface area contributed by atoms with Gasteiger partial charge in [0.05, 0.1) is 22.9 Å². The van der Waals surface area contributed by atoms with Crippen molar-refractivity contribution in [1.29, 1.82) is 0 Å². The number of halogens is 3. The number of esters is 1. The third-order valence-electron chi connectivity index (χ3n) is 4.94. The molecule has 34 heavy (non-hydrogen) atoms. The van der Waals surface area contributed by atoms with Crippen LogP contribution in [0.15, 0.2) is 87.4 Å². The van der Waals surface area contributed by atoms with Gasteiger partial charge in [0.1, 0.15) is 5.56 Å². The number of pyridine rings is 1. The van der Waals surface area contributed by atoms with Crippen molar-refractivity contribution in [2.45, 2.75) is 16.7 Å². The standard InChI is InChI=1S/C26H18Cl3NO3S/c1-2-33-26(32)21-22(15-3-7-17(27)8-4-15)30-23(16-5-9-18(28)10-6-16)25(24(21)31)34-20-13-11-19(29)12-14-20/h3-14H,2H2,1H3,(H,30,31). The normalized spacial score (nSPS) is 10.8. The van der Waals surface area contributed by atoms with E-state index in [0.29, 0.717) is 36.9 Å². The second-order valence-corrected chi connectivity index (χ2v) is 9.59. The molecule has 0 saturated carbocycles. The van der Waals surface area contributed by atoms with Crippen LogP contribution >= 0.6 is 46.6 Å². The molecule has 4 rings (SSSR count). The third kappa shape index (κ3) is 5.34. The van der Waals surface area contributed by atoms with Crippen LogP contribution in [0.2, 0.25) is 15.1 Å². The summed E-state index contributed by atoms with van der Waals surface area (Å²) in [5.74, 6) is -0.700. The molecule has 0 fully saturated rings. The summed E-state index contributed by atoms with van der Waals surface area (Å²) in [5.41, 5.74) is 1.77. The van der Waals surface area contributed by atoms with Crippen molar-refractivity contribution in [2.75, 3.05) is 6.61 Å². The van der Waals surface area contributed by atoms with Crippen LogP contribution in [0, 0.1) is 0 Å². The summed E-state index contributed by atoms with van der Waals surface area (Å²) in [6.45, 7) is 1.83. The summed E-state index contributed by atoms with van der Waals surface area (Å²) in [5, 5.41) is 1.69. The molecule has 0 aliphatic rings. The molecule has 4 aromatic rings. The number of aromatic nitrogens is 1. The summed E-state index contributed by atoms with van der Waals surface area (Å²) >= 11 is 19.4. The summed E-state index contributed by atoms with van der Waals surface area (Å²) in [7, 11) is 0. The van der Waals surface area contributed by atoms with Gasteiger partial charge in [-0.15, -0.1) is 0 Å². The average molecular weight is 531 g/mol. The van der Waals surface area contributed by atoms with Crippen molar-refractivity contribution in [1.82, 2.24) is 4.98 Å². The van der Waals surface area contributed by atoms with Crippen LogP contribution in [-0.2, 0) is 4.74 Å². The molecule has 0 atom stereocenters. The van der Waals surface area contributed by atoms with Crippen molar-refractivity contribution in [3.8, 4) is 22.5 Å². The molecule has 172 valence electrons. The van der Waals surface area contributed by atoms with Crippen LogP contribution in [0.1, 0.15) is 17.3 Å². The zero-order valence-corrected chi connectivity index (χ0v) is 21.0. The van der Waals surface area contributed by atoms with Crippen molar-refractivity contribution in [3.05, 3.63) is 104 Å². The quantitative estimate of drug-likeness (QED) is 0.257. The number of hydrogen-bond donors (Lipinski definition) is 1. The molecule has 8 heteroatoms. The van der Waals surface area contributed by atoms with Crippen molar-refractivity contribution < 1.29 is 9.53 Å². The fraction of sp³-hybridized carbons (Fsp3) is 0.0769. The number of carbonyl (C=O) groups is 1. The van der Waals surface area contributed by atoms with Gasteiger partial charge in [0, 0.05) is 20.0 Å².